The van der Waals surface area contributed by atoms with Crippen LogP contribution in [0.3, 0.4) is 0 Å². The Labute approximate surface area is 105 Å². The summed E-state index contributed by atoms with van der Waals surface area (Å²) in [7, 11) is 1.78. The maximum atomic E-state index is 9.06. The van der Waals surface area contributed by atoms with Crippen LogP contribution in [0.2, 0.25) is 5.02 Å². The van der Waals surface area contributed by atoms with Crippen molar-refractivity contribution in [1.82, 2.24) is 4.98 Å². The van der Waals surface area contributed by atoms with Crippen molar-refractivity contribution in [1.29, 1.82) is 0 Å². The second-order valence-electron chi connectivity index (χ2n) is 3.72. The van der Waals surface area contributed by atoms with Crippen molar-refractivity contribution in [3.05, 3.63) is 47.6 Å². The van der Waals surface area contributed by atoms with Gasteiger partial charge in [-0.15, -0.1) is 0 Å². The lowest BCUT2D eigenvalue weighted by Crippen LogP contribution is -2.18. The largest absolute Gasteiger partial charge is 0.376 e. The van der Waals surface area contributed by atoms with Crippen LogP contribution >= 0.6 is 11.6 Å². The molecule has 2 rings (SSSR count). The molecule has 0 fully saturated rings. The number of benzene rings is 1. The van der Waals surface area contributed by atoms with Crippen molar-refractivity contribution in [2.75, 3.05) is 18.7 Å². The molecule has 0 aliphatic carbocycles. The fourth-order valence-electron chi connectivity index (χ4n) is 1.56. The standard InChI is InChI=1S/C13H13ClN2O/c1-16(9-17)13-8-10(6-7-15-13)11-4-2-3-5-12(11)14/h2-8,17H,9H2,1H3. The van der Waals surface area contributed by atoms with Gasteiger partial charge < -0.3 is 10.0 Å². The van der Waals surface area contributed by atoms with Gasteiger partial charge in [0.05, 0.1) is 0 Å². The van der Waals surface area contributed by atoms with E-state index in [9.17, 15) is 0 Å². The molecule has 1 aromatic heterocycles. The minimum absolute atomic E-state index is 0.0705. The van der Waals surface area contributed by atoms with Gasteiger partial charge in [0.25, 0.3) is 0 Å². The van der Waals surface area contributed by atoms with Gasteiger partial charge in [0.1, 0.15) is 12.5 Å². The molecule has 0 bridgehead atoms. The second kappa shape index (κ2) is 5.17. The summed E-state index contributed by atoms with van der Waals surface area (Å²) >= 11 is 6.14. The molecule has 0 aliphatic heterocycles. The minimum Gasteiger partial charge on any atom is -0.376 e. The highest BCUT2D eigenvalue weighted by Crippen LogP contribution is 2.28. The predicted octanol–water partition coefficient (Wildman–Crippen LogP) is 2.79. The van der Waals surface area contributed by atoms with Crippen molar-refractivity contribution in [3.63, 3.8) is 0 Å². The third kappa shape index (κ3) is 2.57. The quantitative estimate of drug-likeness (QED) is 0.849. The molecule has 1 heterocycles. The van der Waals surface area contributed by atoms with Gasteiger partial charge in [-0.2, -0.15) is 0 Å². The summed E-state index contributed by atoms with van der Waals surface area (Å²) < 4.78 is 0. The first-order valence-electron chi connectivity index (χ1n) is 5.25. The lowest BCUT2D eigenvalue weighted by Gasteiger charge is -2.15. The van der Waals surface area contributed by atoms with Gasteiger partial charge in [-0.05, 0) is 23.8 Å². The number of aliphatic hydroxyl groups excluding tert-OH is 1. The maximum absolute atomic E-state index is 9.06. The fourth-order valence-corrected chi connectivity index (χ4v) is 1.81. The lowest BCUT2D eigenvalue weighted by molar-refractivity contribution is 0.298. The van der Waals surface area contributed by atoms with E-state index in [1.165, 1.54) is 0 Å². The van der Waals surface area contributed by atoms with Crippen molar-refractivity contribution >= 4 is 17.4 Å². The number of anilines is 1. The molecule has 2 aromatic rings. The smallest absolute Gasteiger partial charge is 0.130 e. The summed E-state index contributed by atoms with van der Waals surface area (Å²) in [6, 6.07) is 11.4. The Morgan fingerprint density at radius 3 is 2.76 bits per heavy atom. The number of pyridine rings is 1. The normalized spacial score (nSPS) is 10.3. The lowest BCUT2D eigenvalue weighted by atomic mass is 10.1. The third-order valence-corrected chi connectivity index (χ3v) is 2.86. The van der Waals surface area contributed by atoms with E-state index in [1.807, 2.05) is 36.4 Å². The fraction of sp³-hybridized carbons (Fsp3) is 0.154. The van der Waals surface area contributed by atoms with E-state index in [1.54, 1.807) is 18.1 Å². The molecule has 1 aromatic carbocycles. The van der Waals surface area contributed by atoms with Crippen LogP contribution in [0.4, 0.5) is 5.82 Å². The van der Waals surface area contributed by atoms with Crippen LogP contribution in [0.25, 0.3) is 11.1 Å². The number of rotatable bonds is 3. The van der Waals surface area contributed by atoms with Crippen molar-refractivity contribution in [2.24, 2.45) is 0 Å². The number of nitrogens with zero attached hydrogens (tertiary/aromatic N) is 2. The van der Waals surface area contributed by atoms with Gasteiger partial charge in [-0.3, -0.25) is 0 Å². The number of halogens is 1. The molecule has 17 heavy (non-hydrogen) atoms. The van der Waals surface area contributed by atoms with Crippen LogP contribution in [0, 0.1) is 0 Å². The molecule has 0 atom stereocenters. The highest BCUT2D eigenvalue weighted by Gasteiger charge is 2.06. The van der Waals surface area contributed by atoms with E-state index in [4.69, 9.17) is 16.7 Å². The SMILES string of the molecule is CN(CO)c1cc(-c2ccccc2Cl)ccn1. The molecular weight excluding hydrogens is 236 g/mol. The van der Waals surface area contributed by atoms with Crippen molar-refractivity contribution < 1.29 is 5.11 Å². The van der Waals surface area contributed by atoms with Gasteiger partial charge in [0.2, 0.25) is 0 Å². The summed E-state index contributed by atoms with van der Waals surface area (Å²) in [5, 5.41) is 9.77. The third-order valence-electron chi connectivity index (χ3n) is 2.53. The van der Waals surface area contributed by atoms with E-state index in [-0.39, 0.29) is 6.73 Å². The molecule has 0 aliphatic rings. The van der Waals surface area contributed by atoms with Gasteiger partial charge in [-0.1, -0.05) is 29.8 Å². The summed E-state index contributed by atoms with van der Waals surface area (Å²) in [6.07, 6.45) is 1.71. The zero-order chi connectivity index (χ0) is 12.3. The Kier molecular flexibility index (Phi) is 3.61. The number of aliphatic hydroxyl groups is 1. The van der Waals surface area contributed by atoms with Crippen LogP contribution in [-0.2, 0) is 0 Å². The van der Waals surface area contributed by atoms with E-state index in [0.717, 1.165) is 11.1 Å². The maximum Gasteiger partial charge on any atom is 0.130 e. The zero-order valence-corrected chi connectivity index (χ0v) is 10.2. The van der Waals surface area contributed by atoms with E-state index in [2.05, 4.69) is 4.98 Å². The van der Waals surface area contributed by atoms with E-state index >= 15 is 0 Å². The number of aromatic nitrogens is 1. The van der Waals surface area contributed by atoms with E-state index in [0.29, 0.717) is 10.8 Å². The van der Waals surface area contributed by atoms with Gasteiger partial charge in [0, 0.05) is 23.8 Å². The first-order valence-corrected chi connectivity index (χ1v) is 5.63. The molecule has 88 valence electrons. The van der Waals surface area contributed by atoms with Crippen molar-refractivity contribution in [3.8, 4) is 11.1 Å². The average molecular weight is 249 g/mol. The number of hydrogen-bond acceptors (Lipinski definition) is 3. The van der Waals surface area contributed by atoms with Crippen LogP contribution in [0.1, 0.15) is 0 Å². The van der Waals surface area contributed by atoms with Crippen LogP contribution in [0.5, 0.6) is 0 Å². The first-order chi connectivity index (χ1) is 8.22. The molecule has 1 N–H and O–H groups in total. The highest BCUT2D eigenvalue weighted by atomic mass is 35.5. The van der Waals surface area contributed by atoms with Crippen LogP contribution < -0.4 is 4.90 Å². The summed E-state index contributed by atoms with van der Waals surface area (Å²) in [4.78, 5) is 5.84. The van der Waals surface area contributed by atoms with Gasteiger partial charge >= 0.3 is 0 Å². The van der Waals surface area contributed by atoms with Crippen molar-refractivity contribution in [2.45, 2.75) is 0 Å². The minimum atomic E-state index is -0.0705. The topological polar surface area (TPSA) is 36.4 Å². The molecule has 0 unspecified atom stereocenters. The monoisotopic (exact) mass is 248 g/mol. The Bertz CT molecular complexity index is 516. The Morgan fingerprint density at radius 2 is 2.06 bits per heavy atom. The predicted molar refractivity (Wildman–Crippen MR) is 70.2 cm³/mol. The molecule has 0 amide bonds. The molecule has 4 heteroatoms. The Morgan fingerprint density at radius 1 is 1.29 bits per heavy atom. The molecule has 0 saturated heterocycles. The Hall–Kier alpha value is -1.58. The molecular formula is C13H13ClN2O. The number of hydrogen-bond donors (Lipinski definition) is 1. The van der Waals surface area contributed by atoms with Gasteiger partial charge in [-0.25, -0.2) is 4.98 Å². The Balaban J connectivity index is 2.43. The van der Waals surface area contributed by atoms with E-state index < -0.39 is 0 Å². The second-order valence-corrected chi connectivity index (χ2v) is 4.13. The van der Waals surface area contributed by atoms with Gasteiger partial charge in [0.15, 0.2) is 0 Å². The summed E-state index contributed by atoms with van der Waals surface area (Å²) in [5.74, 6) is 0.713. The first kappa shape index (κ1) is 11.9. The average Bonchev–Trinajstić information content (AvgIpc) is 2.38. The molecule has 3 nitrogen and oxygen atoms in total. The summed E-state index contributed by atoms with van der Waals surface area (Å²) in [5.41, 5.74) is 1.95. The molecule has 0 radical (unpaired) electrons. The zero-order valence-electron chi connectivity index (χ0n) is 9.47. The summed E-state index contributed by atoms with van der Waals surface area (Å²) in [6.45, 7) is -0.0705. The molecule has 0 saturated carbocycles. The molecule has 0 spiro atoms. The highest BCUT2D eigenvalue weighted by molar-refractivity contribution is 6.33. The van der Waals surface area contributed by atoms with Crippen LogP contribution in [-0.4, -0.2) is 23.9 Å². The van der Waals surface area contributed by atoms with Crippen LogP contribution in [0.15, 0.2) is 42.6 Å².